The molecule has 1 aromatic carbocycles. The number of benzene rings is 1. The first-order chi connectivity index (χ1) is 15.7. The molecule has 6 heteroatoms. The van der Waals surface area contributed by atoms with Crippen LogP contribution in [-0.4, -0.2) is 57.4 Å². The zero-order valence-electron chi connectivity index (χ0n) is 19.3. The molecular weight excluding hydrogens is 396 g/mol. The van der Waals surface area contributed by atoms with Crippen LogP contribution >= 0.6 is 0 Å². The predicted octanol–water partition coefficient (Wildman–Crippen LogP) is 4.46. The number of piperidine rings is 1. The van der Waals surface area contributed by atoms with Gasteiger partial charge in [0.15, 0.2) is 0 Å². The van der Waals surface area contributed by atoms with E-state index in [0.717, 1.165) is 37.8 Å². The lowest BCUT2D eigenvalue weighted by atomic mass is 9.90. The second kappa shape index (κ2) is 9.41. The van der Waals surface area contributed by atoms with Gasteiger partial charge in [0, 0.05) is 57.1 Å². The van der Waals surface area contributed by atoms with Crippen molar-refractivity contribution < 1.29 is 0 Å². The number of aromatic nitrogens is 4. The normalized spacial score (nSPS) is 20.6. The maximum atomic E-state index is 4.95. The first-order valence-corrected chi connectivity index (χ1v) is 12.1. The number of nitrogens with zero attached hydrogens (tertiary/aromatic N) is 6. The van der Waals surface area contributed by atoms with E-state index >= 15 is 0 Å². The highest BCUT2D eigenvalue weighted by Crippen LogP contribution is 2.34. The minimum atomic E-state index is 0.438. The molecule has 0 aliphatic carbocycles. The van der Waals surface area contributed by atoms with Crippen molar-refractivity contribution in [3.63, 3.8) is 0 Å². The summed E-state index contributed by atoms with van der Waals surface area (Å²) < 4.78 is 1.95. The zero-order valence-corrected chi connectivity index (χ0v) is 19.3. The third-order valence-corrected chi connectivity index (χ3v) is 6.96. The Kier molecular flexibility index (Phi) is 6.21. The Morgan fingerprint density at radius 3 is 2.66 bits per heavy atom. The number of likely N-dealkylation sites (tertiary alicyclic amines) is 1. The van der Waals surface area contributed by atoms with Gasteiger partial charge in [0.1, 0.15) is 0 Å². The fourth-order valence-corrected chi connectivity index (χ4v) is 5.29. The van der Waals surface area contributed by atoms with E-state index in [9.17, 15) is 0 Å². The van der Waals surface area contributed by atoms with Gasteiger partial charge in [0.2, 0.25) is 5.95 Å². The SMILES string of the molecule is CC(CN1CCCC(c2nn(C)cc2-c2ccnc(N3CCCC3)n2)C1)c1ccccc1. The standard InChI is InChI=1S/C26H34N6/c1-20(21-9-4-3-5-10-21)17-31-14-8-11-22(18-31)25-23(19-30(2)29-25)24-12-13-27-26(28-24)32-15-6-7-16-32/h3-5,9-10,12-13,19-20,22H,6-8,11,14-18H2,1-2H3. The molecule has 4 heterocycles. The summed E-state index contributed by atoms with van der Waals surface area (Å²) in [6, 6.07) is 12.9. The van der Waals surface area contributed by atoms with E-state index in [1.165, 1.54) is 49.0 Å². The van der Waals surface area contributed by atoms with E-state index in [1.807, 2.05) is 24.0 Å². The van der Waals surface area contributed by atoms with Crippen LogP contribution in [0.2, 0.25) is 0 Å². The summed E-state index contributed by atoms with van der Waals surface area (Å²) in [6.45, 7) is 7.77. The van der Waals surface area contributed by atoms with Crippen LogP contribution in [0.5, 0.6) is 0 Å². The molecule has 2 unspecified atom stereocenters. The molecule has 2 aromatic heterocycles. The topological polar surface area (TPSA) is 50.1 Å². The Labute approximate surface area is 191 Å². The highest BCUT2D eigenvalue weighted by molar-refractivity contribution is 5.63. The summed E-state index contributed by atoms with van der Waals surface area (Å²) in [5, 5.41) is 4.93. The number of hydrogen-bond donors (Lipinski definition) is 0. The molecule has 6 nitrogen and oxygen atoms in total. The smallest absolute Gasteiger partial charge is 0.225 e. The fourth-order valence-electron chi connectivity index (χ4n) is 5.29. The fraction of sp³-hybridized carbons (Fsp3) is 0.500. The first-order valence-electron chi connectivity index (χ1n) is 12.1. The lowest BCUT2D eigenvalue weighted by molar-refractivity contribution is 0.197. The van der Waals surface area contributed by atoms with Gasteiger partial charge in [0.25, 0.3) is 0 Å². The first kappa shape index (κ1) is 21.1. The molecule has 0 bridgehead atoms. The lowest BCUT2D eigenvalue weighted by Gasteiger charge is -2.34. The van der Waals surface area contributed by atoms with E-state index in [0.29, 0.717) is 11.8 Å². The minimum absolute atomic E-state index is 0.438. The second-order valence-electron chi connectivity index (χ2n) is 9.45. The molecule has 0 N–H and O–H groups in total. The highest BCUT2D eigenvalue weighted by atomic mass is 15.3. The largest absolute Gasteiger partial charge is 0.341 e. The van der Waals surface area contributed by atoms with Crippen LogP contribution in [0, 0.1) is 0 Å². The Morgan fingerprint density at radius 1 is 1.03 bits per heavy atom. The number of aryl methyl sites for hydroxylation is 1. The van der Waals surface area contributed by atoms with Crippen molar-refractivity contribution in [1.82, 2.24) is 24.6 Å². The molecule has 2 atom stereocenters. The monoisotopic (exact) mass is 430 g/mol. The van der Waals surface area contributed by atoms with Gasteiger partial charge in [-0.05, 0) is 49.8 Å². The van der Waals surface area contributed by atoms with E-state index in [-0.39, 0.29) is 0 Å². The third kappa shape index (κ3) is 4.56. The van der Waals surface area contributed by atoms with Crippen LogP contribution < -0.4 is 4.90 Å². The van der Waals surface area contributed by atoms with Gasteiger partial charge in [-0.3, -0.25) is 4.68 Å². The van der Waals surface area contributed by atoms with Crippen molar-refractivity contribution in [2.75, 3.05) is 37.6 Å². The van der Waals surface area contributed by atoms with E-state index in [2.05, 4.69) is 58.2 Å². The van der Waals surface area contributed by atoms with Gasteiger partial charge in [-0.25, -0.2) is 9.97 Å². The van der Waals surface area contributed by atoms with Crippen molar-refractivity contribution in [2.24, 2.45) is 7.05 Å². The van der Waals surface area contributed by atoms with Crippen LogP contribution in [0.3, 0.4) is 0 Å². The van der Waals surface area contributed by atoms with Crippen LogP contribution in [0.15, 0.2) is 48.8 Å². The summed E-state index contributed by atoms with van der Waals surface area (Å²) >= 11 is 0. The molecule has 32 heavy (non-hydrogen) atoms. The Morgan fingerprint density at radius 2 is 1.84 bits per heavy atom. The third-order valence-electron chi connectivity index (χ3n) is 6.96. The molecule has 2 aliphatic heterocycles. The average Bonchev–Trinajstić information content (AvgIpc) is 3.50. The number of hydrogen-bond acceptors (Lipinski definition) is 5. The molecule has 0 radical (unpaired) electrons. The van der Waals surface area contributed by atoms with Gasteiger partial charge in [-0.15, -0.1) is 0 Å². The van der Waals surface area contributed by atoms with E-state index in [4.69, 9.17) is 10.1 Å². The highest BCUT2D eigenvalue weighted by Gasteiger charge is 2.28. The van der Waals surface area contributed by atoms with Crippen LogP contribution in [0.25, 0.3) is 11.3 Å². The molecule has 0 amide bonds. The zero-order chi connectivity index (χ0) is 21.9. The van der Waals surface area contributed by atoms with E-state index < -0.39 is 0 Å². The van der Waals surface area contributed by atoms with Gasteiger partial charge in [-0.1, -0.05) is 37.3 Å². The molecule has 168 valence electrons. The van der Waals surface area contributed by atoms with Gasteiger partial charge < -0.3 is 9.80 Å². The molecular formula is C26H34N6. The number of rotatable bonds is 6. The molecule has 2 fully saturated rings. The summed E-state index contributed by atoms with van der Waals surface area (Å²) in [6.07, 6.45) is 8.89. The van der Waals surface area contributed by atoms with Crippen LogP contribution in [-0.2, 0) is 7.05 Å². The number of anilines is 1. The van der Waals surface area contributed by atoms with Crippen LogP contribution in [0.4, 0.5) is 5.95 Å². The van der Waals surface area contributed by atoms with Crippen molar-refractivity contribution in [3.8, 4) is 11.3 Å². The molecule has 2 saturated heterocycles. The predicted molar refractivity (Wildman–Crippen MR) is 129 cm³/mol. The Hall–Kier alpha value is -2.73. The van der Waals surface area contributed by atoms with Crippen LogP contribution in [0.1, 0.15) is 55.7 Å². The summed E-state index contributed by atoms with van der Waals surface area (Å²) in [5.41, 5.74) is 4.78. The Bertz CT molecular complexity index is 1020. The maximum absolute atomic E-state index is 4.95. The molecule has 5 rings (SSSR count). The van der Waals surface area contributed by atoms with E-state index in [1.54, 1.807) is 0 Å². The maximum Gasteiger partial charge on any atom is 0.225 e. The quantitative estimate of drug-likeness (QED) is 0.578. The Balaban J connectivity index is 1.35. The van der Waals surface area contributed by atoms with Gasteiger partial charge >= 0.3 is 0 Å². The van der Waals surface area contributed by atoms with Gasteiger partial charge in [-0.2, -0.15) is 5.10 Å². The molecule has 2 aliphatic rings. The average molecular weight is 431 g/mol. The summed E-state index contributed by atoms with van der Waals surface area (Å²) in [5.74, 6) is 1.83. The van der Waals surface area contributed by atoms with Crippen molar-refractivity contribution in [1.29, 1.82) is 0 Å². The molecule has 0 spiro atoms. The molecule has 3 aromatic rings. The summed E-state index contributed by atoms with van der Waals surface area (Å²) in [4.78, 5) is 14.4. The second-order valence-corrected chi connectivity index (χ2v) is 9.45. The minimum Gasteiger partial charge on any atom is -0.341 e. The summed E-state index contributed by atoms with van der Waals surface area (Å²) in [7, 11) is 2.02. The molecule has 0 saturated carbocycles. The lowest BCUT2D eigenvalue weighted by Crippen LogP contribution is -2.37. The van der Waals surface area contributed by atoms with Crippen molar-refractivity contribution in [3.05, 3.63) is 60.0 Å². The van der Waals surface area contributed by atoms with Gasteiger partial charge in [0.05, 0.1) is 11.4 Å². The van der Waals surface area contributed by atoms with Crippen molar-refractivity contribution in [2.45, 2.75) is 44.4 Å². The van der Waals surface area contributed by atoms with Crippen molar-refractivity contribution >= 4 is 5.95 Å².